The van der Waals surface area contributed by atoms with Crippen LogP contribution in [0.4, 0.5) is 0 Å². The smallest absolute Gasteiger partial charge is 0.301 e. The maximum Gasteiger partial charge on any atom is 0.345 e. The summed E-state index contributed by atoms with van der Waals surface area (Å²) in [6.07, 6.45) is 6.50. The van der Waals surface area contributed by atoms with Gasteiger partial charge in [0.1, 0.15) is 0 Å². The molecule has 2 aliphatic rings. The highest BCUT2D eigenvalue weighted by molar-refractivity contribution is 5.73. The Hall–Kier alpha value is -1.14. The molecule has 0 aromatic carbocycles. The monoisotopic (exact) mass is 344 g/mol. The molecule has 0 saturated heterocycles. The summed E-state index contributed by atoms with van der Waals surface area (Å²) in [6.45, 7) is 10.1. The van der Waals surface area contributed by atoms with E-state index in [1.54, 1.807) is 6.92 Å². The van der Waals surface area contributed by atoms with Crippen LogP contribution < -0.4 is 0 Å². The Bertz CT molecular complexity index is 425. The molecule has 1 N–H and O–H groups in total. The molecule has 6 nitrogen and oxygen atoms in total. The van der Waals surface area contributed by atoms with Gasteiger partial charge < -0.3 is 4.89 Å². The fourth-order valence-corrected chi connectivity index (χ4v) is 3.27. The molecule has 0 aromatic heterocycles. The van der Waals surface area contributed by atoms with Crippen LogP contribution in [0, 0.1) is 22.7 Å². The average Bonchev–Trinajstić information content (AvgIpc) is 3.52. The van der Waals surface area contributed by atoms with Crippen molar-refractivity contribution in [3.05, 3.63) is 0 Å². The average molecular weight is 344 g/mol. The highest BCUT2D eigenvalue weighted by atomic mass is 17.2. The molecule has 2 fully saturated rings. The maximum atomic E-state index is 11.4. The molecule has 0 spiro atoms. The predicted octanol–water partition coefficient (Wildman–Crippen LogP) is 4.14. The summed E-state index contributed by atoms with van der Waals surface area (Å²) in [5, 5.41) is 8.14. The molecule has 0 heterocycles. The SMILES string of the molecule is CCC1(C(C)C(=O)OO)CC1.CCOOC(=O)C(C)C1(CC)CC1. The highest BCUT2D eigenvalue weighted by Gasteiger charge is 2.50. The standard InChI is InChI=1S/C10H18O3.C8H14O3/c1-4-10(6-7-10)8(3)9(11)13-12-5-2;1-3-8(4-5-8)6(2)7(9)11-10/h8H,4-7H2,1-3H3;6,10H,3-5H2,1-2H3. The molecule has 0 aromatic rings. The van der Waals surface area contributed by atoms with Crippen LogP contribution in [0.15, 0.2) is 0 Å². The Morgan fingerprint density at radius 1 is 0.917 bits per heavy atom. The molecule has 0 bridgehead atoms. The van der Waals surface area contributed by atoms with Crippen LogP contribution in [-0.2, 0) is 24.3 Å². The molecule has 24 heavy (non-hydrogen) atoms. The zero-order valence-electron chi connectivity index (χ0n) is 15.6. The van der Waals surface area contributed by atoms with Gasteiger partial charge in [-0.05, 0) is 56.3 Å². The summed E-state index contributed by atoms with van der Waals surface area (Å²) >= 11 is 0. The Labute approximate surface area is 144 Å². The summed E-state index contributed by atoms with van der Waals surface area (Å²) in [6, 6.07) is 0. The van der Waals surface area contributed by atoms with E-state index in [9.17, 15) is 9.59 Å². The van der Waals surface area contributed by atoms with Crippen LogP contribution >= 0.6 is 0 Å². The van der Waals surface area contributed by atoms with Gasteiger partial charge in [-0.15, -0.1) is 0 Å². The minimum Gasteiger partial charge on any atom is -0.301 e. The minimum absolute atomic E-state index is 0.0240. The number of hydrogen-bond donors (Lipinski definition) is 1. The number of carbonyl (C=O) groups is 2. The van der Waals surface area contributed by atoms with E-state index >= 15 is 0 Å². The molecular weight excluding hydrogens is 312 g/mol. The second-order valence-corrected chi connectivity index (χ2v) is 7.09. The van der Waals surface area contributed by atoms with Gasteiger partial charge in [-0.2, -0.15) is 10.1 Å². The third kappa shape index (κ3) is 4.93. The first-order valence-corrected chi connectivity index (χ1v) is 9.01. The van der Waals surface area contributed by atoms with Crippen molar-refractivity contribution < 1.29 is 29.5 Å². The lowest BCUT2D eigenvalue weighted by Gasteiger charge is -2.18. The zero-order chi connectivity index (χ0) is 18.4. The lowest BCUT2D eigenvalue weighted by Crippen LogP contribution is -2.24. The van der Waals surface area contributed by atoms with E-state index in [0.717, 1.165) is 38.5 Å². The zero-order valence-corrected chi connectivity index (χ0v) is 15.6. The quantitative estimate of drug-likeness (QED) is 0.526. The molecule has 2 saturated carbocycles. The second-order valence-electron chi connectivity index (χ2n) is 7.09. The van der Waals surface area contributed by atoms with E-state index in [4.69, 9.17) is 5.26 Å². The number of carbonyl (C=O) groups excluding carboxylic acids is 2. The Morgan fingerprint density at radius 2 is 1.33 bits per heavy atom. The van der Waals surface area contributed by atoms with Gasteiger partial charge in [0, 0.05) is 0 Å². The van der Waals surface area contributed by atoms with Gasteiger partial charge in [0.25, 0.3) is 0 Å². The Balaban J connectivity index is 0.000000243. The van der Waals surface area contributed by atoms with Gasteiger partial charge in [0.2, 0.25) is 0 Å². The fourth-order valence-electron chi connectivity index (χ4n) is 3.27. The minimum atomic E-state index is -0.496. The third-order valence-electron chi connectivity index (χ3n) is 6.09. The first kappa shape index (κ1) is 20.9. The van der Waals surface area contributed by atoms with Gasteiger partial charge in [-0.3, -0.25) is 4.89 Å². The third-order valence-corrected chi connectivity index (χ3v) is 6.09. The van der Waals surface area contributed by atoms with Gasteiger partial charge in [-0.25, -0.2) is 9.59 Å². The van der Waals surface area contributed by atoms with E-state index in [2.05, 4.69) is 28.5 Å². The van der Waals surface area contributed by atoms with Crippen molar-refractivity contribution in [2.75, 3.05) is 6.61 Å². The van der Waals surface area contributed by atoms with Crippen molar-refractivity contribution in [2.24, 2.45) is 22.7 Å². The molecule has 2 aliphatic carbocycles. The van der Waals surface area contributed by atoms with Crippen molar-refractivity contribution in [3.8, 4) is 0 Å². The topological polar surface area (TPSA) is 82.1 Å². The van der Waals surface area contributed by atoms with Crippen molar-refractivity contribution >= 4 is 11.9 Å². The first-order chi connectivity index (χ1) is 11.3. The van der Waals surface area contributed by atoms with E-state index in [1.165, 1.54) is 0 Å². The molecule has 2 atom stereocenters. The van der Waals surface area contributed by atoms with Crippen LogP contribution in [0.5, 0.6) is 0 Å². The molecular formula is C18H32O6. The highest BCUT2D eigenvalue weighted by Crippen LogP contribution is 2.55. The van der Waals surface area contributed by atoms with E-state index < -0.39 is 5.97 Å². The van der Waals surface area contributed by atoms with Crippen LogP contribution in [0.3, 0.4) is 0 Å². The first-order valence-electron chi connectivity index (χ1n) is 9.01. The van der Waals surface area contributed by atoms with Crippen LogP contribution in [0.1, 0.15) is 73.1 Å². The second kappa shape index (κ2) is 8.81. The van der Waals surface area contributed by atoms with Crippen LogP contribution in [0.2, 0.25) is 0 Å². The molecule has 2 unspecified atom stereocenters. The van der Waals surface area contributed by atoms with Crippen molar-refractivity contribution in [2.45, 2.75) is 73.1 Å². The van der Waals surface area contributed by atoms with Gasteiger partial charge >= 0.3 is 11.9 Å². The molecule has 2 rings (SSSR count). The summed E-state index contributed by atoms with van der Waals surface area (Å²) < 4.78 is 0. The summed E-state index contributed by atoms with van der Waals surface area (Å²) in [5.41, 5.74) is 0.355. The lowest BCUT2D eigenvalue weighted by atomic mass is 9.88. The molecule has 0 radical (unpaired) electrons. The molecule has 0 aliphatic heterocycles. The van der Waals surface area contributed by atoms with Gasteiger partial charge in [0.15, 0.2) is 0 Å². The van der Waals surface area contributed by atoms with Crippen LogP contribution in [0.25, 0.3) is 0 Å². The molecule has 140 valence electrons. The Morgan fingerprint density at radius 3 is 1.62 bits per heavy atom. The largest absolute Gasteiger partial charge is 0.345 e. The van der Waals surface area contributed by atoms with E-state index in [-0.39, 0.29) is 28.6 Å². The van der Waals surface area contributed by atoms with E-state index in [1.807, 2.05) is 13.8 Å². The number of hydrogen-bond acceptors (Lipinski definition) is 6. The van der Waals surface area contributed by atoms with Gasteiger partial charge in [-0.1, -0.05) is 27.7 Å². The lowest BCUT2D eigenvalue weighted by molar-refractivity contribution is -0.274. The van der Waals surface area contributed by atoms with Crippen molar-refractivity contribution in [1.29, 1.82) is 0 Å². The Kier molecular flexibility index (Phi) is 7.67. The predicted molar refractivity (Wildman–Crippen MR) is 88.7 cm³/mol. The summed E-state index contributed by atoms with van der Waals surface area (Å²) in [4.78, 5) is 35.3. The fraction of sp³-hybridized carbons (Fsp3) is 0.889. The maximum absolute atomic E-state index is 11.4. The van der Waals surface area contributed by atoms with E-state index in [0.29, 0.717) is 6.61 Å². The normalized spacial score (nSPS) is 21.6. The van der Waals surface area contributed by atoms with Gasteiger partial charge in [0.05, 0.1) is 18.4 Å². The molecule has 0 amide bonds. The van der Waals surface area contributed by atoms with Crippen LogP contribution in [-0.4, -0.2) is 23.8 Å². The summed E-state index contributed by atoms with van der Waals surface area (Å²) in [5.74, 6) is -0.896. The summed E-state index contributed by atoms with van der Waals surface area (Å²) in [7, 11) is 0. The van der Waals surface area contributed by atoms with Crippen molar-refractivity contribution in [3.63, 3.8) is 0 Å². The molecule has 6 heteroatoms. The number of rotatable bonds is 8. The van der Waals surface area contributed by atoms with Crippen molar-refractivity contribution in [1.82, 2.24) is 0 Å².